The fourth-order valence-corrected chi connectivity index (χ4v) is 5.39. The molecule has 1 aliphatic heterocycles. The van der Waals surface area contributed by atoms with Gasteiger partial charge >= 0.3 is 0 Å². The minimum Gasteiger partial charge on any atom is -0.396 e. The minimum atomic E-state index is 0.193. The second-order valence-electron chi connectivity index (χ2n) is 9.73. The van der Waals surface area contributed by atoms with Crippen LogP contribution in [0.5, 0.6) is 0 Å². The smallest absolute Gasteiger partial charge is 0.0553 e. The molecule has 0 aromatic carbocycles. The zero-order valence-corrected chi connectivity index (χ0v) is 18.7. The average Bonchev–Trinajstić information content (AvgIpc) is 2.72. The van der Waals surface area contributed by atoms with Crippen molar-refractivity contribution in [1.82, 2.24) is 10.2 Å². The lowest BCUT2D eigenvalue weighted by Crippen LogP contribution is -2.48. The number of aliphatic hydroxyl groups is 1. The van der Waals surface area contributed by atoms with E-state index in [0.717, 1.165) is 24.8 Å². The second kappa shape index (κ2) is 11.2. The summed E-state index contributed by atoms with van der Waals surface area (Å²) >= 11 is 6.17. The third-order valence-corrected chi connectivity index (χ3v) is 7.54. The van der Waals surface area contributed by atoms with Crippen molar-refractivity contribution in [2.75, 3.05) is 32.8 Å². The Morgan fingerprint density at radius 3 is 2.57 bits per heavy atom. The van der Waals surface area contributed by atoms with E-state index >= 15 is 0 Å². The molecule has 3 rings (SSSR count). The molecule has 160 valence electrons. The number of hydrogen-bond donors (Lipinski definition) is 2. The molecule has 2 fully saturated rings. The number of nitrogens with one attached hydrogen (secondary N) is 1. The highest BCUT2D eigenvalue weighted by Crippen LogP contribution is 2.30. The summed E-state index contributed by atoms with van der Waals surface area (Å²) in [7, 11) is 0. The van der Waals surface area contributed by atoms with Crippen molar-refractivity contribution in [3.63, 3.8) is 0 Å². The van der Waals surface area contributed by atoms with Crippen LogP contribution in [0.4, 0.5) is 0 Å². The van der Waals surface area contributed by atoms with Gasteiger partial charge in [0.25, 0.3) is 0 Å². The first-order valence-corrected chi connectivity index (χ1v) is 12.1. The van der Waals surface area contributed by atoms with Crippen LogP contribution < -0.4 is 5.32 Å². The Kier molecular flexibility index (Phi) is 8.90. The molecule has 2 aliphatic carbocycles. The normalized spacial score (nSPS) is 31.2. The predicted molar refractivity (Wildman–Crippen MR) is 120 cm³/mol. The summed E-state index contributed by atoms with van der Waals surface area (Å²) in [5, 5.41) is 13.6. The quantitative estimate of drug-likeness (QED) is 0.576. The van der Waals surface area contributed by atoms with E-state index in [0.29, 0.717) is 24.5 Å². The third kappa shape index (κ3) is 6.58. The summed E-state index contributed by atoms with van der Waals surface area (Å²) in [6.07, 6.45) is 15.4. The standard InChI is InChI=1S/C24H41ClN2O/c1-18(2)24(26-15-19-4-3-5-20(14-19)17-28)16-27-12-10-22(11-13-27)21-6-8-23(25)9-7-21/h6-8,18-20,22-24,26,28H,3-5,9-17H2,1-2H3/t19-,20+,23?,24+/m1/s1. The van der Waals surface area contributed by atoms with E-state index in [2.05, 4.69) is 42.3 Å². The molecular formula is C24H41ClN2O. The number of nitrogens with zero attached hydrogens (tertiary/aromatic N) is 1. The Bertz CT molecular complexity index is 525. The monoisotopic (exact) mass is 408 g/mol. The first-order chi connectivity index (χ1) is 13.5. The molecule has 3 aliphatic rings. The van der Waals surface area contributed by atoms with Gasteiger partial charge in [-0.2, -0.15) is 0 Å². The van der Waals surface area contributed by atoms with Gasteiger partial charge in [-0.3, -0.25) is 0 Å². The fraction of sp³-hybridized carbons (Fsp3) is 0.833. The van der Waals surface area contributed by atoms with Gasteiger partial charge in [0.05, 0.1) is 5.38 Å². The molecule has 0 aromatic heterocycles. The van der Waals surface area contributed by atoms with Crippen molar-refractivity contribution in [3.05, 3.63) is 23.8 Å². The highest BCUT2D eigenvalue weighted by Gasteiger charge is 2.26. The summed E-state index contributed by atoms with van der Waals surface area (Å²) in [4.78, 5) is 2.67. The van der Waals surface area contributed by atoms with Crippen LogP contribution in [0, 0.1) is 23.7 Å². The minimum absolute atomic E-state index is 0.193. The first-order valence-electron chi connectivity index (χ1n) is 11.6. The molecule has 28 heavy (non-hydrogen) atoms. The maximum Gasteiger partial charge on any atom is 0.0553 e. The third-order valence-electron chi connectivity index (χ3n) is 7.21. The molecule has 0 aromatic rings. The average molecular weight is 409 g/mol. The van der Waals surface area contributed by atoms with Crippen molar-refractivity contribution in [1.29, 1.82) is 0 Å². The zero-order valence-electron chi connectivity index (χ0n) is 18.0. The SMILES string of the molecule is CC(C)[C@H](CN1CCC(C2=CCC(Cl)C=C2)CC1)NC[C@@H]1CCC[C@H](CO)C1. The molecule has 1 heterocycles. The number of halogens is 1. The van der Waals surface area contributed by atoms with Crippen LogP contribution in [0.2, 0.25) is 0 Å². The Labute approximate surface area is 177 Å². The van der Waals surface area contributed by atoms with Gasteiger partial charge in [0.1, 0.15) is 0 Å². The molecule has 4 heteroatoms. The molecule has 0 amide bonds. The van der Waals surface area contributed by atoms with Gasteiger partial charge in [-0.05, 0) is 87.4 Å². The molecule has 0 radical (unpaired) electrons. The maximum atomic E-state index is 9.48. The Morgan fingerprint density at radius 1 is 1.18 bits per heavy atom. The van der Waals surface area contributed by atoms with E-state index in [1.807, 2.05) is 0 Å². The zero-order chi connectivity index (χ0) is 19.9. The van der Waals surface area contributed by atoms with Crippen molar-refractivity contribution in [2.45, 2.75) is 70.2 Å². The number of hydrogen-bond acceptors (Lipinski definition) is 3. The summed E-state index contributed by atoms with van der Waals surface area (Å²) in [6.45, 7) is 9.77. The van der Waals surface area contributed by atoms with Gasteiger partial charge in [0, 0.05) is 19.2 Å². The van der Waals surface area contributed by atoms with E-state index in [4.69, 9.17) is 11.6 Å². The van der Waals surface area contributed by atoms with Gasteiger partial charge < -0.3 is 15.3 Å². The van der Waals surface area contributed by atoms with Crippen LogP contribution in [0.3, 0.4) is 0 Å². The van der Waals surface area contributed by atoms with Gasteiger partial charge in [-0.1, -0.05) is 38.5 Å². The van der Waals surface area contributed by atoms with Crippen molar-refractivity contribution < 1.29 is 5.11 Å². The first kappa shape index (κ1) is 22.3. The lowest BCUT2D eigenvalue weighted by atomic mass is 9.81. The number of alkyl halides is 1. The van der Waals surface area contributed by atoms with Gasteiger partial charge in [0.2, 0.25) is 0 Å². The Hall–Kier alpha value is -0.350. The molecule has 1 unspecified atom stereocenters. The summed E-state index contributed by atoms with van der Waals surface area (Å²) in [6, 6.07) is 0.567. The van der Waals surface area contributed by atoms with E-state index < -0.39 is 0 Å². The number of likely N-dealkylation sites (tertiary alicyclic amines) is 1. The molecule has 3 nitrogen and oxygen atoms in total. The van der Waals surface area contributed by atoms with E-state index in [1.165, 1.54) is 63.7 Å². The lowest BCUT2D eigenvalue weighted by Gasteiger charge is -2.37. The number of piperidine rings is 1. The van der Waals surface area contributed by atoms with E-state index in [-0.39, 0.29) is 5.38 Å². The van der Waals surface area contributed by atoms with Gasteiger partial charge in [0.15, 0.2) is 0 Å². The summed E-state index contributed by atoms with van der Waals surface area (Å²) in [5.41, 5.74) is 1.52. The maximum absolute atomic E-state index is 9.48. The molecule has 4 atom stereocenters. The number of aliphatic hydroxyl groups excluding tert-OH is 1. The van der Waals surface area contributed by atoms with Gasteiger partial charge in [-0.15, -0.1) is 11.6 Å². The lowest BCUT2D eigenvalue weighted by molar-refractivity contribution is 0.144. The largest absolute Gasteiger partial charge is 0.396 e. The van der Waals surface area contributed by atoms with E-state index in [9.17, 15) is 5.11 Å². The van der Waals surface area contributed by atoms with Crippen molar-refractivity contribution in [2.24, 2.45) is 23.7 Å². The highest BCUT2D eigenvalue weighted by molar-refractivity contribution is 6.22. The molecule has 1 saturated heterocycles. The molecule has 0 bridgehead atoms. The predicted octanol–water partition coefficient (Wildman–Crippen LogP) is 4.61. The topological polar surface area (TPSA) is 35.5 Å². The fourth-order valence-electron chi connectivity index (χ4n) is 5.22. The van der Waals surface area contributed by atoms with Crippen LogP contribution in [-0.4, -0.2) is 54.2 Å². The van der Waals surface area contributed by atoms with Crippen molar-refractivity contribution in [3.8, 4) is 0 Å². The van der Waals surface area contributed by atoms with Crippen LogP contribution in [-0.2, 0) is 0 Å². The second-order valence-corrected chi connectivity index (χ2v) is 10.3. The number of rotatable bonds is 8. The van der Waals surface area contributed by atoms with Crippen LogP contribution in [0.15, 0.2) is 23.8 Å². The molecule has 1 saturated carbocycles. The van der Waals surface area contributed by atoms with Crippen LogP contribution >= 0.6 is 11.6 Å². The summed E-state index contributed by atoms with van der Waals surface area (Å²) in [5.74, 6) is 2.65. The van der Waals surface area contributed by atoms with Gasteiger partial charge in [-0.25, -0.2) is 0 Å². The molecular weight excluding hydrogens is 368 g/mol. The van der Waals surface area contributed by atoms with Crippen LogP contribution in [0.1, 0.15) is 58.8 Å². The summed E-state index contributed by atoms with van der Waals surface area (Å²) < 4.78 is 0. The van der Waals surface area contributed by atoms with E-state index in [1.54, 1.807) is 0 Å². The molecule has 2 N–H and O–H groups in total. The molecule has 0 spiro atoms. The Balaban J connectivity index is 1.42. The van der Waals surface area contributed by atoms with Crippen molar-refractivity contribution >= 4 is 11.6 Å². The van der Waals surface area contributed by atoms with Crippen LogP contribution in [0.25, 0.3) is 0 Å². The Morgan fingerprint density at radius 2 is 1.93 bits per heavy atom. The number of allylic oxidation sites excluding steroid dienone is 4. The highest BCUT2D eigenvalue weighted by atomic mass is 35.5.